The molecule has 0 spiro atoms. The highest BCUT2D eigenvalue weighted by molar-refractivity contribution is 9.10. The first-order valence-corrected chi connectivity index (χ1v) is 5.49. The summed E-state index contributed by atoms with van der Waals surface area (Å²) in [5.41, 5.74) is 1.51. The van der Waals surface area contributed by atoms with Crippen LogP contribution < -0.4 is 5.32 Å². The van der Waals surface area contributed by atoms with E-state index in [0.29, 0.717) is 6.42 Å². The van der Waals surface area contributed by atoms with Crippen LogP contribution in [0.25, 0.3) is 0 Å². The van der Waals surface area contributed by atoms with E-state index in [2.05, 4.69) is 21.2 Å². The maximum atomic E-state index is 11.6. The molecule has 0 saturated heterocycles. The Kier molecular flexibility index (Phi) is 2.46. The molecule has 1 aliphatic rings. The Morgan fingerprint density at radius 1 is 1.60 bits per heavy atom. The van der Waals surface area contributed by atoms with Gasteiger partial charge in [-0.05, 0) is 30.7 Å². The van der Waals surface area contributed by atoms with Gasteiger partial charge in [0.2, 0.25) is 0 Å². The van der Waals surface area contributed by atoms with Gasteiger partial charge >= 0.3 is 5.97 Å². The Bertz CT molecular complexity index is 419. The van der Waals surface area contributed by atoms with Crippen LogP contribution >= 0.6 is 15.9 Å². The van der Waals surface area contributed by atoms with Gasteiger partial charge in [0, 0.05) is 16.6 Å². The molecule has 1 atom stereocenters. The summed E-state index contributed by atoms with van der Waals surface area (Å²) in [5, 5.41) is 3.19. The van der Waals surface area contributed by atoms with E-state index in [0.717, 1.165) is 15.7 Å². The number of hydrogen-bond acceptors (Lipinski definition) is 3. The summed E-state index contributed by atoms with van der Waals surface area (Å²) in [6.07, 6.45) is 0.661. The lowest BCUT2D eigenvalue weighted by molar-refractivity contribution is -0.145. The van der Waals surface area contributed by atoms with E-state index in [1.165, 1.54) is 7.11 Å². The number of anilines is 1. The van der Waals surface area contributed by atoms with Crippen molar-refractivity contribution in [3.05, 3.63) is 28.2 Å². The van der Waals surface area contributed by atoms with E-state index in [9.17, 15) is 4.79 Å². The molecular formula is C11H12BrNO2. The predicted octanol–water partition coefficient (Wildman–Crippen LogP) is 2.35. The molecule has 4 heteroatoms. The first-order valence-electron chi connectivity index (χ1n) is 4.70. The Hall–Kier alpha value is -1.03. The molecule has 0 aromatic heterocycles. The first kappa shape index (κ1) is 10.5. The molecule has 1 aromatic rings. The molecule has 0 bridgehead atoms. The van der Waals surface area contributed by atoms with Gasteiger partial charge in [-0.15, -0.1) is 0 Å². The van der Waals surface area contributed by atoms with Gasteiger partial charge in [-0.2, -0.15) is 0 Å². The van der Waals surface area contributed by atoms with Crippen molar-refractivity contribution in [1.29, 1.82) is 0 Å². The molecule has 1 unspecified atom stereocenters. The summed E-state index contributed by atoms with van der Waals surface area (Å²) in [6, 6.07) is 5.94. The molecule has 15 heavy (non-hydrogen) atoms. The van der Waals surface area contributed by atoms with E-state index in [1.807, 2.05) is 25.1 Å². The predicted molar refractivity (Wildman–Crippen MR) is 61.9 cm³/mol. The summed E-state index contributed by atoms with van der Waals surface area (Å²) >= 11 is 3.41. The minimum Gasteiger partial charge on any atom is -0.467 e. The van der Waals surface area contributed by atoms with E-state index < -0.39 is 5.54 Å². The van der Waals surface area contributed by atoms with Crippen molar-refractivity contribution in [2.75, 3.05) is 12.4 Å². The van der Waals surface area contributed by atoms with Gasteiger partial charge < -0.3 is 10.1 Å². The number of methoxy groups -OCH3 is 1. The van der Waals surface area contributed by atoms with Gasteiger partial charge in [0.05, 0.1) is 7.11 Å². The Balaban J connectivity index is 2.32. The number of rotatable bonds is 1. The van der Waals surface area contributed by atoms with Crippen molar-refractivity contribution in [2.45, 2.75) is 18.9 Å². The molecule has 1 heterocycles. The lowest BCUT2D eigenvalue weighted by atomic mass is 9.98. The third-order valence-electron chi connectivity index (χ3n) is 2.66. The number of esters is 1. The summed E-state index contributed by atoms with van der Waals surface area (Å²) in [5.74, 6) is -0.227. The quantitative estimate of drug-likeness (QED) is 0.796. The number of hydrogen-bond donors (Lipinski definition) is 1. The zero-order valence-electron chi connectivity index (χ0n) is 8.63. The maximum absolute atomic E-state index is 11.6. The van der Waals surface area contributed by atoms with Crippen molar-refractivity contribution in [3.8, 4) is 0 Å². The second-order valence-corrected chi connectivity index (χ2v) is 4.84. The summed E-state index contributed by atoms with van der Waals surface area (Å²) in [6.45, 7) is 1.85. The van der Waals surface area contributed by atoms with Crippen LogP contribution in [0.1, 0.15) is 12.5 Å². The minimum atomic E-state index is -0.627. The van der Waals surface area contributed by atoms with Gasteiger partial charge in [0.15, 0.2) is 0 Å². The van der Waals surface area contributed by atoms with Crippen molar-refractivity contribution >= 4 is 27.6 Å². The molecule has 0 aliphatic carbocycles. The van der Waals surface area contributed by atoms with Gasteiger partial charge in [-0.25, -0.2) is 4.79 Å². The highest BCUT2D eigenvalue weighted by Gasteiger charge is 2.40. The standard InChI is InChI=1S/C11H12BrNO2/c1-11(10(14)15-2)6-7-5-8(12)3-4-9(7)13-11/h3-5,13H,6H2,1-2H3. The number of nitrogens with one attached hydrogen (secondary N) is 1. The largest absolute Gasteiger partial charge is 0.467 e. The van der Waals surface area contributed by atoms with Crippen LogP contribution in [0.15, 0.2) is 22.7 Å². The molecule has 1 N–H and O–H groups in total. The van der Waals surface area contributed by atoms with Crippen LogP contribution in [0, 0.1) is 0 Å². The topological polar surface area (TPSA) is 38.3 Å². The maximum Gasteiger partial charge on any atom is 0.331 e. The van der Waals surface area contributed by atoms with E-state index in [1.54, 1.807) is 0 Å². The number of carbonyl (C=O) groups excluding carboxylic acids is 1. The number of benzene rings is 1. The lowest BCUT2D eigenvalue weighted by Gasteiger charge is -2.21. The fourth-order valence-electron chi connectivity index (χ4n) is 1.90. The van der Waals surface area contributed by atoms with E-state index in [-0.39, 0.29) is 5.97 Å². The van der Waals surface area contributed by atoms with Crippen molar-refractivity contribution in [3.63, 3.8) is 0 Å². The molecular weight excluding hydrogens is 258 g/mol. The molecule has 2 rings (SSSR count). The van der Waals surface area contributed by atoms with Gasteiger partial charge in [-0.1, -0.05) is 15.9 Å². The van der Waals surface area contributed by atoms with Crippen LogP contribution in [0.4, 0.5) is 5.69 Å². The third-order valence-corrected chi connectivity index (χ3v) is 3.15. The van der Waals surface area contributed by atoms with E-state index >= 15 is 0 Å². The van der Waals surface area contributed by atoms with Crippen molar-refractivity contribution in [1.82, 2.24) is 0 Å². The first-order chi connectivity index (χ1) is 7.05. The molecule has 0 saturated carbocycles. The smallest absolute Gasteiger partial charge is 0.331 e. The average molecular weight is 270 g/mol. The molecule has 80 valence electrons. The fraction of sp³-hybridized carbons (Fsp3) is 0.364. The zero-order chi connectivity index (χ0) is 11.1. The van der Waals surface area contributed by atoms with Crippen LogP contribution in [0.2, 0.25) is 0 Å². The van der Waals surface area contributed by atoms with Crippen LogP contribution in [-0.2, 0) is 16.0 Å². The van der Waals surface area contributed by atoms with Crippen molar-refractivity contribution < 1.29 is 9.53 Å². The number of ether oxygens (including phenoxy) is 1. The van der Waals surface area contributed by atoms with Crippen LogP contribution in [0.3, 0.4) is 0 Å². The molecule has 1 aromatic carbocycles. The molecule has 0 fully saturated rings. The van der Waals surface area contributed by atoms with Gasteiger partial charge in [0.1, 0.15) is 5.54 Å². The zero-order valence-corrected chi connectivity index (χ0v) is 10.2. The molecule has 1 aliphatic heterocycles. The van der Waals surface area contributed by atoms with Gasteiger partial charge in [-0.3, -0.25) is 0 Å². The summed E-state index contributed by atoms with van der Waals surface area (Å²) < 4.78 is 5.81. The Morgan fingerprint density at radius 2 is 2.33 bits per heavy atom. The second-order valence-electron chi connectivity index (χ2n) is 3.93. The Morgan fingerprint density at radius 3 is 3.00 bits per heavy atom. The fourth-order valence-corrected chi connectivity index (χ4v) is 2.31. The average Bonchev–Trinajstić information content (AvgIpc) is 2.53. The normalized spacial score (nSPS) is 23.1. The highest BCUT2D eigenvalue weighted by atomic mass is 79.9. The van der Waals surface area contributed by atoms with E-state index in [4.69, 9.17) is 4.74 Å². The monoisotopic (exact) mass is 269 g/mol. The summed E-state index contributed by atoms with van der Waals surface area (Å²) in [7, 11) is 1.41. The summed E-state index contributed by atoms with van der Waals surface area (Å²) in [4.78, 5) is 11.6. The SMILES string of the molecule is COC(=O)C1(C)Cc2cc(Br)ccc2N1. The highest BCUT2D eigenvalue weighted by Crippen LogP contribution is 2.34. The van der Waals surface area contributed by atoms with Crippen molar-refractivity contribution in [2.24, 2.45) is 0 Å². The number of fused-ring (bicyclic) bond motifs is 1. The molecule has 0 amide bonds. The second kappa shape index (κ2) is 3.52. The molecule has 0 radical (unpaired) electrons. The van der Waals surface area contributed by atoms with Gasteiger partial charge in [0.25, 0.3) is 0 Å². The molecule has 3 nitrogen and oxygen atoms in total. The Labute approximate surface area is 96.9 Å². The number of halogens is 1. The number of carbonyl (C=O) groups is 1. The van der Waals surface area contributed by atoms with Crippen LogP contribution in [-0.4, -0.2) is 18.6 Å². The van der Waals surface area contributed by atoms with Crippen LogP contribution in [0.5, 0.6) is 0 Å². The third kappa shape index (κ3) is 1.74. The minimum absolute atomic E-state index is 0.227. The lowest BCUT2D eigenvalue weighted by Crippen LogP contribution is -2.42.